The van der Waals surface area contributed by atoms with Gasteiger partial charge in [0.05, 0.1) is 6.10 Å². The first-order chi connectivity index (χ1) is 7.40. The van der Waals surface area contributed by atoms with Crippen molar-refractivity contribution < 1.29 is 18.3 Å². The molecule has 1 fully saturated rings. The van der Waals surface area contributed by atoms with Gasteiger partial charge in [-0.25, -0.2) is 0 Å². The summed E-state index contributed by atoms with van der Waals surface area (Å²) >= 11 is -0.0235. The van der Waals surface area contributed by atoms with E-state index in [-0.39, 0.29) is 24.1 Å². The van der Waals surface area contributed by atoms with Crippen molar-refractivity contribution in [3.63, 3.8) is 0 Å². The van der Waals surface area contributed by atoms with Crippen LogP contribution in [0.4, 0.5) is 13.2 Å². The van der Waals surface area contributed by atoms with Crippen LogP contribution in [0, 0.1) is 5.41 Å². The molecule has 0 amide bonds. The molecule has 0 aromatic heterocycles. The second-order valence-electron chi connectivity index (χ2n) is 4.37. The molecule has 3 N–H and O–H groups in total. The Morgan fingerprint density at radius 2 is 2.06 bits per heavy atom. The smallest absolute Gasteiger partial charge is 0.393 e. The van der Waals surface area contributed by atoms with E-state index in [1.54, 1.807) is 0 Å². The highest BCUT2D eigenvalue weighted by atomic mass is 32.2. The maximum atomic E-state index is 12.0. The predicted molar refractivity (Wildman–Crippen MR) is 59.1 cm³/mol. The van der Waals surface area contributed by atoms with Crippen LogP contribution in [0.1, 0.15) is 32.1 Å². The lowest BCUT2D eigenvalue weighted by atomic mass is 9.70. The van der Waals surface area contributed by atoms with Gasteiger partial charge in [-0.2, -0.15) is 13.2 Å². The van der Waals surface area contributed by atoms with Crippen LogP contribution in [0.3, 0.4) is 0 Å². The summed E-state index contributed by atoms with van der Waals surface area (Å²) in [5, 5.41) is 9.88. The van der Waals surface area contributed by atoms with Crippen molar-refractivity contribution in [3.05, 3.63) is 0 Å². The number of aliphatic hydroxyl groups is 1. The average molecular weight is 257 g/mol. The molecule has 0 aliphatic heterocycles. The number of thioether (sulfide) groups is 1. The van der Waals surface area contributed by atoms with E-state index in [2.05, 4.69) is 0 Å². The molecule has 0 aromatic carbocycles. The first kappa shape index (κ1) is 14.1. The van der Waals surface area contributed by atoms with Gasteiger partial charge >= 0.3 is 5.51 Å². The molecule has 1 aliphatic carbocycles. The predicted octanol–water partition coefficient (Wildman–Crippen LogP) is 2.51. The average Bonchev–Trinajstić information content (AvgIpc) is 2.19. The Morgan fingerprint density at radius 1 is 1.38 bits per heavy atom. The quantitative estimate of drug-likeness (QED) is 0.813. The highest BCUT2D eigenvalue weighted by Crippen LogP contribution is 2.41. The third kappa shape index (κ3) is 3.82. The zero-order valence-electron chi connectivity index (χ0n) is 9.09. The lowest BCUT2D eigenvalue weighted by molar-refractivity contribution is -0.0341. The third-order valence-electron chi connectivity index (χ3n) is 3.38. The third-order valence-corrected chi connectivity index (χ3v) is 4.12. The molecule has 1 aliphatic rings. The summed E-state index contributed by atoms with van der Waals surface area (Å²) in [6.07, 6.45) is 3.09. The molecule has 0 radical (unpaired) electrons. The molecule has 96 valence electrons. The summed E-state index contributed by atoms with van der Waals surface area (Å²) < 4.78 is 36.0. The Balaban J connectivity index is 2.46. The normalized spacial score (nSPS) is 31.7. The van der Waals surface area contributed by atoms with Crippen molar-refractivity contribution in [3.8, 4) is 0 Å². The van der Waals surface area contributed by atoms with Crippen LogP contribution in [0.2, 0.25) is 0 Å². The minimum atomic E-state index is -4.19. The summed E-state index contributed by atoms with van der Waals surface area (Å²) in [7, 11) is 0. The van der Waals surface area contributed by atoms with E-state index >= 15 is 0 Å². The van der Waals surface area contributed by atoms with Gasteiger partial charge in [0.1, 0.15) is 0 Å². The van der Waals surface area contributed by atoms with Gasteiger partial charge in [-0.3, -0.25) is 0 Å². The van der Waals surface area contributed by atoms with Gasteiger partial charge in [0, 0.05) is 17.7 Å². The molecular formula is C10H18F3NOS. The van der Waals surface area contributed by atoms with Crippen molar-refractivity contribution in [2.75, 3.05) is 12.3 Å². The van der Waals surface area contributed by atoms with Gasteiger partial charge in [-0.05, 0) is 19.3 Å². The van der Waals surface area contributed by atoms with Crippen molar-refractivity contribution >= 4 is 11.8 Å². The molecule has 1 saturated carbocycles. The second-order valence-corrected chi connectivity index (χ2v) is 5.53. The van der Waals surface area contributed by atoms with E-state index in [0.29, 0.717) is 12.8 Å². The second kappa shape index (κ2) is 5.60. The van der Waals surface area contributed by atoms with Crippen molar-refractivity contribution in [2.24, 2.45) is 11.1 Å². The lowest BCUT2D eigenvalue weighted by Crippen LogP contribution is -2.44. The molecule has 2 unspecified atom stereocenters. The molecule has 2 nitrogen and oxygen atoms in total. The van der Waals surface area contributed by atoms with Crippen molar-refractivity contribution in [1.82, 2.24) is 0 Å². The number of hydrogen-bond donors (Lipinski definition) is 2. The minimum absolute atomic E-state index is 0.0161. The van der Waals surface area contributed by atoms with Gasteiger partial charge in [0.25, 0.3) is 0 Å². The Hall–Kier alpha value is 0.0600. The van der Waals surface area contributed by atoms with E-state index in [4.69, 9.17) is 5.73 Å². The maximum absolute atomic E-state index is 12.0. The summed E-state index contributed by atoms with van der Waals surface area (Å²) in [5.74, 6) is -0.0161. The van der Waals surface area contributed by atoms with E-state index in [1.807, 2.05) is 0 Å². The fourth-order valence-electron chi connectivity index (χ4n) is 2.29. The summed E-state index contributed by atoms with van der Waals surface area (Å²) in [6, 6.07) is 0. The lowest BCUT2D eigenvalue weighted by Gasteiger charge is -2.40. The number of hydrogen-bond acceptors (Lipinski definition) is 3. The molecule has 0 bridgehead atoms. The van der Waals surface area contributed by atoms with Crippen LogP contribution in [0.5, 0.6) is 0 Å². The van der Waals surface area contributed by atoms with E-state index in [0.717, 1.165) is 19.3 Å². The van der Waals surface area contributed by atoms with E-state index in [9.17, 15) is 18.3 Å². The van der Waals surface area contributed by atoms with Gasteiger partial charge in [-0.1, -0.05) is 24.6 Å². The van der Waals surface area contributed by atoms with Crippen LogP contribution in [0.15, 0.2) is 0 Å². The molecule has 6 heteroatoms. The molecule has 2 atom stereocenters. The number of alkyl halides is 3. The number of halogens is 3. The number of rotatable bonds is 4. The molecule has 0 saturated heterocycles. The molecule has 0 aromatic rings. The number of nitrogens with two attached hydrogens (primary N) is 1. The molecular weight excluding hydrogens is 239 g/mol. The number of aliphatic hydroxyl groups excluding tert-OH is 1. The van der Waals surface area contributed by atoms with Gasteiger partial charge in [0.2, 0.25) is 0 Å². The SMILES string of the molecule is NCC1(CCSC(F)(F)F)CCCCC1O. The molecule has 0 spiro atoms. The van der Waals surface area contributed by atoms with Crippen molar-refractivity contribution in [1.29, 1.82) is 0 Å². The topological polar surface area (TPSA) is 46.2 Å². The highest BCUT2D eigenvalue weighted by Gasteiger charge is 2.39. The minimum Gasteiger partial charge on any atom is -0.393 e. The van der Waals surface area contributed by atoms with Crippen molar-refractivity contribution in [2.45, 2.75) is 43.7 Å². The molecule has 16 heavy (non-hydrogen) atoms. The fourth-order valence-corrected chi connectivity index (χ4v) is 3.03. The van der Waals surface area contributed by atoms with Crippen LogP contribution in [-0.2, 0) is 0 Å². The van der Waals surface area contributed by atoms with Crippen LogP contribution < -0.4 is 5.73 Å². The Bertz CT molecular complexity index is 225. The first-order valence-corrected chi connectivity index (χ1v) is 6.47. The standard InChI is InChI=1S/C10H18F3NOS/c11-10(12,13)16-6-5-9(7-14)4-2-1-3-8(9)15/h8,15H,1-7,14H2. The first-order valence-electron chi connectivity index (χ1n) is 5.48. The van der Waals surface area contributed by atoms with Gasteiger partial charge in [0.15, 0.2) is 0 Å². The van der Waals surface area contributed by atoms with Crippen LogP contribution in [-0.4, -0.2) is 29.0 Å². The Kier molecular flexibility index (Phi) is 4.94. The fraction of sp³-hybridized carbons (Fsp3) is 1.00. The Labute approximate surface area is 97.8 Å². The zero-order valence-corrected chi connectivity index (χ0v) is 9.91. The monoisotopic (exact) mass is 257 g/mol. The molecule has 0 heterocycles. The van der Waals surface area contributed by atoms with Gasteiger partial charge in [-0.15, -0.1) is 0 Å². The van der Waals surface area contributed by atoms with E-state index < -0.39 is 17.0 Å². The van der Waals surface area contributed by atoms with Crippen LogP contribution in [0.25, 0.3) is 0 Å². The summed E-state index contributed by atoms with van der Waals surface area (Å²) in [6.45, 7) is 0.270. The Morgan fingerprint density at radius 3 is 2.56 bits per heavy atom. The maximum Gasteiger partial charge on any atom is 0.441 e. The van der Waals surface area contributed by atoms with Gasteiger partial charge < -0.3 is 10.8 Å². The van der Waals surface area contributed by atoms with E-state index in [1.165, 1.54) is 0 Å². The highest BCUT2D eigenvalue weighted by molar-refractivity contribution is 8.00. The van der Waals surface area contributed by atoms with Crippen LogP contribution >= 0.6 is 11.8 Å². The molecule has 1 rings (SSSR count). The summed E-state index contributed by atoms with van der Waals surface area (Å²) in [4.78, 5) is 0. The summed E-state index contributed by atoms with van der Waals surface area (Å²) in [5.41, 5.74) is 0.953. The zero-order chi connectivity index (χ0) is 12.2. The largest absolute Gasteiger partial charge is 0.441 e.